The van der Waals surface area contributed by atoms with Crippen molar-refractivity contribution >= 4 is 0 Å². The van der Waals surface area contributed by atoms with Crippen LogP contribution >= 0.6 is 0 Å². The topological polar surface area (TPSA) is 138 Å². The van der Waals surface area contributed by atoms with Crippen molar-refractivity contribution in [2.45, 2.75) is 44.0 Å². The van der Waals surface area contributed by atoms with Gasteiger partial charge in [0.1, 0.15) is 0 Å². The zero-order valence-corrected chi connectivity index (χ0v) is 18.8. The van der Waals surface area contributed by atoms with Crippen LogP contribution < -0.4 is 14.2 Å². The van der Waals surface area contributed by atoms with Crippen molar-refractivity contribution in [3.63, 3.8) is 0 Å². The lowest BCUT2D eigenvalue weighted by Gasteiger charge is -2.40. The number of hydrogen-bond donors (Lipinski definition) is 5. The maximum atomic E-state index is 10.9. The lowest BCUT2D eigenvalue weighted by molar-refractivity contribution is -0.144. The molecule has 0 saturated carbocycles. The summed E-state index contributed by atoms with van der Waals surface area (Å²) in [5, 5.41) is 49.4. The van der Waals surface area contributed by atoms with Crippen LogP contribution in [0.15, 0.2) is 30.3 Å². The predicted molar refractivity (Wildman–Crippen MR) is 119 cm³/mol. The van der Waals surface area contributed by atoms with Crippen LogP contribution in [-0.4, -0.2) is 65.4 Å². The molecule has 1 aliphatic rings. The molecule has 0 aliphatic carbocycles. The van der Waals surface area contributed by atoms with Gasteiger partial charge in [-0.2, -0.15) is 0 Å². The number of rotatable bonds is 10. The highest BCUT2D eigenvalue weighted by molar-refractivity contribution is 5.53. The maximum Gasteiger partial charge on any atom is 0.200 e. The SMILES string of the molecule is COc1cc([C@@H]2O[C@@H](CCc3ccc(O)c(OCO)c3)C[C@H](O)[C@@H]2CCO)cc(OC)c1O. The van der Waals surface area contributed by atoms with Gasteiger partial charge in [-0.3, -0.25) is 0 Å². The van der Waals surface area contributed by atoms with Gasteiger partial charge in [0.15, 0.2) is 29.8 Å². The second-order valence-corrected chi connectivity index (χ2v) is 8.05. The fourth-order valence-corrected chi connectivity index (χ4v) is 4.32. The van der Waals surface area contributed by atoms with Gasteiger partial charge in [0, 0.05) is 12.5 Å². The molecule has 33 heavy (non-hydrogen) atoms. The van der Waals surface area contributed by atoms with E-state index in [4.69, 9.17) is 24.1 Å². The summed E-state index contributed by atoms with van der Waals surface area (Å²) in [7, 11) is 2.88. The number of aromatic hydroxyl groups is 2. The van der Waals surface area contributed by atoms with Gasteiger partial charge in [-0.15, -0.1) is 0 Å². The molecule has 1 heterocycles. The van der Waals surface area contributed by atoms with Crippen LogP contribution in [0, 0.1) is 5.92 Å². The molecule has 0 amide bonds. The fraction of sp³-hybridized carbons (Fsp3) is 0.500. The Morgan fingerprint density at radius 2 is 1.67 bits per heavy atom. The van der Waals surface area contributed by atoms with Crippen molar-refractivity contribution in [3.8, 4) is 28.7 Å². The lowest BCUT2D eigenvalue weighted by atomic mass is 9.82. The molecule has 182 valence electrons. The molecule has 3 rings (SSSR count). The third-order valence-corrected chi connectivity index (χ3v) is 6.02. The number of phenolic OH excluding ortho intramolecular Hbond substituents is 2. The van der Waals surface area contributed by atoms with Crippen LogP contribution in [0.3, 0.4) is 0 Å². The lowest BCUT2D eigenvalue weighted by Crippen LogP contribution is -2.40. The first-order valence-electron chi connectivity index (χ1n) is 10.9. The Balaban J connectivity index is 1.81. The van der Waals surface area contributed by atoms with Crippen molar-refractivity contribution in [2.24, 2.45) is 5.92 Å². The molecule has 0 spiro atoms. The zero-order chi connectivity index (χ0) is 24.0. The van der Waals surface area contributed by atoms with Crippen molar-refractivity contribution in [1.29, 1.82) is 0 Å². The maximum absolute atomic E-state index is 10.9. The summed E-state index contributed by atoms with van der Waals surface area (Å²) in [5.74, 6) is 0.135. The van der Waals surface area contributed by atoms with E-state index in [1.165, 1.54) is 20.3 Å². The summed E-state index contributed by atoms with van der Waals surface area (Å²) in [6.07, 6.45) is 0.438. The monoisotopic (exact) mass is 464 g/mol. The molecule has 2 aromatic rings. The molecule has 0 bridgehead atoms. The summed E-state index contributed by atoms with van der Waals surface area (Å²) in [5.41, 5.74) is 1.56. The number of methoxy groups -OCH3 is 2. The Hall–Kier alpha value is -2.72. The first kappa shape index (κ1) is 24.9. The first-order chi connectivity index (χ1) is 15.9. The minimum atomic E-state index is -0.695. The summed E-state index contributed by atoms with van der Waals surface area (Å²) in [6, 6.07) is 8.24. The molecule has 1 aliphatic heterocycles. The van der Waals surface area contributed by atoms with E-state index < -0.39 is 19.0 Å². The number of hydrogen-bond acceptors (Lipinski definition) is 9. The molecule has 1 fully saturated rings. The van der Waals surface area contributed by atoms with Crippen LogP contribution in [-0.2, 0) is 11.2 Å². The summed E-state index contributed by atoms with van der Waals surface area (Å²) < 4.78 is 21.9. The molecule has 9 heteroatoms. The van der Waals surface area contributed by atoms with E-state index in [1.54, 1.807) is 24.3 Å². The molecule has 0 radical (unpaired) electrons. The van der Waals surface area contributed by atoms with Gasteiger partial charge in [0.2, 0.25) is 5.75 Å². The number of aliphatic hydroxyl groups is 3. The van der Waals surface area contributed by atoms with E-state index in [1.807, 2.05) is 0 Å². The third-order valence-electron chi connectivity index (χ3n) is 6.02. The van der Waals surface area contributed by atoms with Gasteiger partial charge < -0.3 is 44.5 Å². The van der Waals surface area contributed by atoms with Crippen molar-refractivity contribution < 1.29 is 44.5 Å². The van der Waals surface area contributed by atoms with Crippen molar-refractivity contribution in [1.82, 2.24) is 0 Å². The van der Waals surface area contributed by atoms with Crippen LogP contribution in [0.25, 0.3) is 0 Å². The van der Waals surface area contributed by atoms with E-state index >= 15 is 0 Å². The second kappa shape index (κ2) is 11.4. The molecule has 5 N–H and O–H groups in total. The molecular formula is C24H32O9. The standard InChI is InChI=1S/C24H32O9/c1-30-21-10-15(11-22(31-2)23(21)29)24-17(7-8-25)19(28)12-16(33-24)5-3-14-4-6-18(27)20(9-14)32-13-26/h4,6,9-11,16-17,19,24-29H,3,5,7-8,12-13H2,1-2H3/t16-,17-,19-,24-/m0/s1. The predicted octanol–water partition coefficient (Wildman–Crippen LogP) is 2.27. The number of phenols is 2. The Kier molecular flexibility index (Phi) is 8.62. The van der Waals surface area contributed by atoms with Crippen LogP contribution in [0.1, 0.15) is 36.5 Å². The van der Waals surface area contributed by atoms with E-state index in [9.17, 15) is 20.4 Å². The molecule has 2 aromatic carbocycles. The van der Waals surface area contributed by atoms with Crippen LogP contribution in [0.4, 0.5) is 0 Å². The highest BCUT2D eigenvalue weighted by Gasteiger charge is 2.39. The zero-order valence-electron chi connectivity index (χ0n) is 18.8. The minimum absolute atomic E-state index is 0.0562. The average molecular weight is 465 g/mol. The quantitative estimate of drug-likeness (QED) is 0.335. The van der Waals surface area contributed by atoms with Crippen molar-refractivity contribution in [3.05, 3.63) is 41.5 Å². The molecular weight excluding hydrogens is 432 g/mol. The van der Waals surface area contributed by atoms with Gasteiger partial charge in [-0.05, 0) is 61.1 Å². The first-order valence-corrected chi connectivity index (χ1v) is 10.9. The summed E-state index contributed by atoms with van der Waals surface area (Å²) in [4.78, 5) is 0. The number of aliphatic hydroxyl groups excluding tert-OH is 3. The highest BCUT2D eigenvalue weighted by Crippen LogP contribution is 2.45. The van der Waals surface area contributed by atoms with Gasteiger partial charge in [-0.25, -0.2) is 0 Å². The van der Waals surface area contributed by atoms with Gasteiger partial charge in [0.05, 0.1) is 32.5 Å². The molecule has 4 atom stereocenters. The molecule has 9 nitrogen and oxygen atoms in total. The van der Waals surface area contributed by atoms with E-state index in [2.05, 4.69) is 0 Å². The average Bonchev–Trinajstić information content (AvgIpc) is 2.81. The van der Waals surface area contributed by atoms with E-state index in [0.717, 1.165) is 5.56 Å². The number of benzene rings is 2. The fourth-order valence-electron chi connectivity index (χ4n) is 4.32. The van der Waals surface area contributed by atoms with Crippen LogP contribution in [0.5, 0.6) is 28.7 Å². The third kappa shape index (κ3) is 5.80. The normalized spacial score (nSPS) is 22.7. The summed E-state index contributed by atoms with van der Waals surface area (Å²) >= 11 is 0. The molecule has 0 unspecified atom stereocenters. The Morgan fingerprint density at radius 1 is 0.970 bits per heavy atom. The molecule has 1 saturated heterocycles. The van der Waals surface area contributed by atoms with Crippen molar-refractivity contribution in [2.75, 3.05) is 27.6 Å². The largest absolute Gasteiger partial charge is 0.504 e. The Bertz CT molecular complexity index is 892. The minimum Gasteiger partial charge on any atom is -0.504 e. The summed E-state index contributed by atoms with van der Waals surface area (Å²) in [6.45, 7) is -0.637. The second-order valence-electron chi connectivity index (χ2n) is 8.05. The van der Waals surface area contributed by atoms with Gasteiger partial charge in [-0.1, -0.05) is 6.07 Å². The highest BCUT2D eigenvalue weighted by atomic mass is 16.6. The van der Waals surface area contributed by atoms with Gasteiger partial charge >= 0.3 is 0 Å². The van der Waals surface area contributed by atoms with Gasteiger partial charge in [0.25, 0.3) is 0 Å². The number of aryl methyl sites for hydroxylation is 1. The van der Waals surface area contributed by atoms with Crippen LogP contribution in [0.2, 0.25) is 0 Å². The Labute approximate surface area is 192 Å². The number of ether oxygens (including phenoxy) is 4. The molecule has 0 aromatic heterocycles. The van der Waals surface area contributed by atoms with E-state index in [-0.39, 0.29) is 47.4 Å². The Morgan fingerprint density at radius 3 is 2.27 bits per heavy atom. The smallest absolute Gasteiger partial charge is 0.200 e. The van der Waals surface area contributed by atoms with E-state index in [0.29, 0.717) is 31.2 Å².